The fourth-order valence-corrected chi connectivity index (χ4v) is 4.94. The van der Waals surface area contributed by atoms with Crippen molar-refractivity contribution in [1.29, 1.82) is 0 Å². The van der Waals surface area contributed by atoms with E-state index in [-0.39, 0.29) is 5.54 Å². The van der Waals surface area contributed by atoms with Crippen molar-refractivity contribution >= 4 is 45.5 Å². The van der Waals surface area contributed by atoms with Crippen LogP contribution in [0.25, 0.3) is 10.9 Å². The molecule has 1 heterocycles. The van der Waals surface area contributed by atoms with Gasteiger partial charge in [-0.3, -0.25) is 4.98 Å². The van der Waals surface area contributed by atoms with Crippen LogP contribution in [0.5, 0.6) is 5.75 Å². The molecular weight excluding hydrogens is 414 g/mol. The van der Waals surface area contributed by atoms with Crippen LogP contribution in [0.4, 0.5) is 5.69 Å². The summed E-state index contributed by atoms with van der Waals surface area (Å²) in [6.07, 6.45) is 8.37. The van der Waals surface area contributed by atoms with E-state index in [0.29, 0.717) is 5.11 Å². The second kappa shape index (κ2) is 9.19. The summed E-state index contributed by atoms with van der Waals surface area (Å²) in [4.78, 5) is 4.47. The lowest BCUT2D eigenvalue weighted by molar-refractivity contribution is 0.362. The average molecular weight is 440 g/mol. The van der Waals surface area contributed by atoms with E-state index in [4.69, 9.17) is 28.6 Å². The van der Waals surface area contributed by atoms with Crippen LogP contribution in [-0.2, 0) is 6.42 Å². The minimum absolute atomic E-state index is 0.00375. The Morgan fingerprint density at radius 2 is 1.93 bits per heavy atom. The molecule has 156 valence electrons. The van der Waals surface area contributed by atoms with Crippen LogP contribution < -0.4 is 15.4 Å². The van der Waals surface area contributed by atoms with Gasteiger partial charge < -0.3 is 15.4 Å². The minimum Gasteiger partial charge on any atom is -0.494 e. The van der Waals surface area contributed by atoms with Gasteiger partial charge in [-0.05, 0) is 73.8 Å². The predicted molar refractivity (Wildman–Crippen MR) is 129 cm³/mol. The average Bonchev–Trinajstić information content (AvgIpc) is 3.22. The summed E-state index contributed by atoms with van der Waals surface area (Å²) >= 11 is 12.1. The van der Waals surface area contributed by atoms with E-state index in [1.54, 1.807) is 13.3 Å². The Hall–Kier alpha value is -2.37. The van der Waals surface area contributed by atoms with E-state index in [2.05, 4.69) is 21.7 Å². The molecule has 1 fully saturated rings. The number of hydrogen-bond acceptors (Lipinski definition) is 3. The summed E-state index contributed by atoms with van der Waals surface area (Å²) < 4.78 is 5.45. The van der Waals surface area contributed by atoms with Crippen LogP contribution in [0.1, 0.15) is 37.7 Å². The normalized spacial score (nSPS) is 15.1. The summed E-state index contributed by atoms with van der Waals surface area (Å²) in [5, 5.41) is 9.51. The number of aromatic nitrogens is 1. The highest BCUT2D eigenvalue weighted by atomic mass is 35.5. The van der Waals surface area contributed by atoms with Gasteiger partial charge in [0.15, 0.2) is 5.11 Å². The van der Waals surface area contributed by atoms with Crippen LogP contribution in [0.3, 0.4) is 0 Å². The molecule has 30 heavy (non-hydrogen) atoms. The van der Waals surface area contributed by atoms with E-state index in [1.807, 2.05) is 42.5 Å². The third kappa shape index (κ3) is 4.52. The fraction of sp³-hybridized carbons (Fsp3) is 0.333. The number of nitrogens with zero attached hydrogens (tertiary/aromatic N) is 1. The number of thiocarbonyl (C=S) groups is 1. The first kappa shape index (κ1) is 20.9. The minimum atomic E-state index is 0.00375. The van der Waals surface area contributed by atoms with Crippen LogP contribution in [0.2, 0.25) is 5.02 Å². The van der Waals surface area contributed by atoms with Gasteiger partial charge in [-0.2, -0.15) is 0 Å². The Bertz CT molecular complexity index is 1050. The van der Waals surface area contributed by atoms with Crippen molar-refractivity contribution in [3.8, 4) is 5.75 Å². The predicted octanol–water partition coefficient (Wildman–Crippen LogP) is 6.13. The van der Waals surface area contributed by atoms with Gasteiger partial charge in [0, 0.05) is 27.8 Å². The van der Waals surface area contributed by atoms with E-state index < -0.39 is 0 Å². The molecule has 1 aliphatic rings. The Labute approximate surface area is 188 Å². The molecule has 4 nitrogen and oxygen atoms in total. The van der Waals surface area contributed by atoms with Gasteiger partial charge in [0.05, 0.1) is 7.11 Å². The molecule has 0 aliphatic heterocycles. The lowest BCUT2D eigenvalue weighted by Gasteiger charge is -2.32. The molecule has 0 amide bonds. The molecule has 0 unspecified atom stereocenters. The second-order valence-electron chi connectivity index (χ2n) is 7.87. The molecule has 2 aromatic carbocycles. The Morgan fingerprint density at radius 1 is 1.13 bits per heavy atom. The maximum Gasteiger partial charge on any atom is 0.171 e. The summed E-state index contributed by atoms with van der Waals surface area (Å²) in [5.74, 6) is 0.752. The standard InChI is InChI=1S/C24H26ClN3OS/c1-29-21-11-10-20(18-8-6-16-26-22(18)21)27-23(30)28-24(13-4-5-14-24)15-12-17-7-2-3-9-19(17)25/h2-3,6-11,16H,4-5,12-15H2,1H3,(H2,27,28,30). The molecule has 1 aliphatic carbocycles. The summed E-state index contributed by atoms with van der Waals surface area (Å²) in [7, 11) is 1.66. The van der Waals surface area contributed by atoms with Crippen molar-refractivity contribution in [1.82, 2.24) is 10.3 Å². The highest BCUT2D eigenvalue weighted by Gasteiger charge is 2.34. The molecular formula is C24H26ClN3OS. The van der Waals surface area contributed by atoms with Crippen LogP contribution in [0.15, 0.2) is 54.7 Å². The lowest BCUT2D eigenvalue weighted by atomic mass is 9.89. The molecule has 0 radical (unpaired) electrons. The molecule has 0 atom stereocenters. The molecule has 6 heteroatoms. The van der Waals surface area contributed by atoms with Crippen molar-refractivity contribution in [3.05, 3.63) is 65.3 Å². The highest BCUT2D eigenvalue weighted by molar-refractivity contribution is 7.80. The van der Waals surface area contributed by atoms with Crippen molar-refractivity contribution < 1.29 is 4.74 Å². The Balaban J connectivity index is 1.49. The zero-order valence-corrected chi connectivity index (χ0v) is 18.7. The number of rotatable bonds is 6. The van der Waals surface area contributed by atoms with Gasteiger partial charge in [-0.15, -0.1) is 0 Å². The molecule has 1 saturated carbocycles. The smallest absolute Gasteiger partial charge is 0.171 e. The first-order valence-corrected chi connectivity index (χ1v) is 11.1. The van der Waals surface area contributed by atoms with Gasteiger partial charge in [-0.25, -0.2) is 0 Å². The first-order chi connectivity index (χ1) is 14.6. The van der Waals surface area contributed by atoms with Crippen LogP contribution >= 0.6 is 23.8 Å². The summed E-state index contributed by atoms with van der Waals surface area (Å²) in [5.41, 5.74) is 2.94. The van der Waals surface area contributed by atoms with Crippen LogP contribution in [-0.4, -0.2) is 22.7 Å². The maximum absolute atomic E-state index is 6.37. The Kier molecular flexibility index (Phi) is 6.40. The largest absolute Gasteiger partial charge is 0.494 e. The molecule has 4 rings (SSSR count). The van der Waals surface area contributed by atoms with E-state index in [0.717, 1.165) is 53.0 Å². The van der Waals surface area contributed by atoms with Gasteiger partial charge in [0.25, 0.3) is 0 Å². The molecule has 0 bridgehead atoms. The lowest BCUT2D eigenvalue weighted by Crippen LogP contribution is -2.48. The van der Waals surface area contributed by atoms with Crippen molar-refractivity contribution in [3.63, 3.8) is 0 Å². The fourth-order valence-electron chi connectivity index (χ4n) is 4.38. The number of methoxy groups -OCH3 is 1. The number of pyridine rings is 1. The molecule has 3 aromatic rings. The third-order valence-corrected chi connectivity index (χ3v) is 6.54. The topological polar surface area (TPSA) is 46.2 Å². The summed E-state index contributed by atoms with van der Waals surface area (Å²) in [6, 6.07) is 15.9. The SMILES string of the molecule is COc1ccc(NC(=S)NC2(CCc3ccccc3Cl)CCCC2)c2cccnc12. The van der Waals surface area contributed by atoms with Crippen molar-refractivity contribution in [2.24, 2.45) is 0 Å². The van der Waals surface area contributed by atoms with Crippen LogP contribution in [0, 0.1) is 0 Å². The maximum atomic E-state index is 6.37. The van der Waals surface area contributed by atoms with Crippen molar-refractivity contribution in [2.75, 3.05) is 12.4 Å². The quantitative estimate of drug-likeness (QED) is 0.452. The number of halogens is 1. The second-order valence-corrected chi connectivity index (χ2v) is 8.69. The van der Waals surface area contributed by atoms with Crippen molar-refractivity contribution in [2.45, 2.75) is 44.1 Å². The summed E-state index contributed by atoms with van der Waals surface area (Å²) in [6.45, 7) is 0. The monoisotopic (exact) mass is 439 g/mol. The van der Waals surface area contributed by atoms with Gasteiger partial charge in [-0.1, -0.05) is 42.6 Å². The van der Waals surface area contributed by atoms with Gasteiger partial charge >= 0.3 is 0 Å². The number of fused-ring (bicyclic) bond motifs is 1. The third-order valence-electron chi connectivity index (χ3n) is 5.97. The number of aryl methyl sites for hydroxylation is 1. The molecule has 1 aromatic heterocycles. The number of anilines is 1. The molecule has 0 saturated heterocycles. The zero-order chi connectivity index (χ0) is 21.0. The number of nitrogens with one attached hydrogen (secondary N) is 2. The Morgan fingerprint density at radius 3 is 2.70 bits per heavy atom. The zero-order valence-electron chi connectivity index (χ0n) is 17.1. The number of ether oxygens (including phenoxy) is 1. The van der Waals surface area contributed by atoms with Gasteiger partial charge in [0.2, 0.25) is 0 Å². The molecule has 2 N–H and O–H groups in total. The number of hydrogen-bond donors (Lipinski definition) is 2. The van der Waals surface area contributed by atoms with E-state index in [1.165, 1.54) is 18.4 Å². The highest BCUT2D eigenvalue weighted by Crippen LogP contribution is 2.35. The number of benzene rings is 2. The van der Waals surface area contributed by atoms with E-state index >= 15 is 0 Å². The van der Waals surface area contributed by atoms with E-state index in [9.17, 15) is 0 Å². The first-order valence-electron chi connectivity index (χ1n) is 10.3. The van der Waals surface area contributed by atoms with Gasteiger partial charge in [0.1, 0.15) is 11.3 Å². The molecule has 0 spiro atoms.